The Morgan fingerprint density at radius 1 is 1.37 bits per heavy atom. The van der Waals surface area contributed by atoms with Crippen LogP contribution in [-0.2, 0) is 13.5 Å². The Bertz CT molecular complexity index is 394. The first kappa shape index (κ1) is 14.4. The van der Waals surface area contributed by atoms with E-state index in [-0.39, 0.29) is 11.6 Å². The molecule has 19 heavy (non-hydrogen) atoms. The highest BCUT2D eigenvalue weighted by atomic mass is 15.4. The molecule has 1 aliphatic rings. The van der Waals surface area contributed by atoms with E-state index in [1.807, 2.05) is 13.2 Å². The molecule has 0 radical (unpaired) electrons. The lowest BCUT2D eigenvalue weighted by Gasteiger charge is -2.45. The minimum absolute atomic E-state index is 0.0205. The predicted octanol–water partition coefficient (Wildman–Crippen LogP) is 0.454. The maximum atomic E-state index is 5.79. The number of nitrogens with one attached hydrogen (secondary N) is 1. The van der Waals surface area contributed by atoms with E-state index in [2.05, 4.69) is 34.5 Å². The van der Waals surface area contributed by atoms with Crippen LogP contribution >= 0.6 is 0 Å². The lowest BCUT2D eigenvalue weighted by atomic mass is 9.88. The van der Waals surface area contributed by atoms with Gasteiger partial charge in [0.05, 0.1) is 5.69 Å². The van der Waals surface area contributed by atoms with Gasteiger partial charge in [-0.25, -0.2) is 0 Å². The largest absolute Gasteiger partial charge is 0.297 e. The van der Waals surface area contributed by atoms with E-state index in [1.54, 1.807) is 4.68 Å². The van der Waals surface area contributed by atoms with Crippen LogP contribution in [0.25, 0.3) is 0 Å². The van der Waals surface area contributed by atoms with Crippen molar-refractivity contribution in [2.45, 2.75) is 51.1 Å². The van der Waals surface area contributed by atoms with Crippen molar-refractivity contribution in [2.75, 3.05) is 13.1 Å². The Balaban J connectivity index is 2.06. The molecule has 108 valence electrons. The maximum absolute atomic E-state index is 5.79. The highest BCUT2D eigenvalue weighted by molar-refractivity contribution is 5.03. The Kier molecular flexibility index (Phi) is 4.54. The monoisotopic (exact) mass is 266 g/mol. The second-order valence-electron chi connectivity index (χ2n) is 6.01. The highest BCUT2D eigenvalue weighted by Crippen LogP contribution is 2.25. The van der Waals surface area contributed by atoms with Gasteiger partial charge in [-0.2, -0.15) is 0 Å². The summed E-state index contributed by atoms with van der Waals surface area (Å²) in [5, 5.41) is 8.14. The van der Waals surface area contributed by atoms with Gasteiger partial charge in [0.15, 0.2) is 0 Å². The van der Waals surface area contributed by atoms with Crippen LogP contribution in [0.4, 0.5) is 0 Å². The number of nitrogens with zero attached hydrogens (tertiary/aromatic N) is 4. The molecule has 2 rings (SSSR count). The van der Waals surface area contributed by atoms with Crippen molar-refractivity contribution < 1.29 is 0 Å². The van der Waals surface area contributed by atoms with Crippen molar-refractivity contribution >= 4 is 0 Å². The molecular formula is C13H26N6. The van der Waals surface area contributed by atoms with Crippen molar-refractivity contribution in [1.82, 2.24) is 25.3 Å². The normalized spacial score (nSPS) is 19.6. The van der Waals surface area contributed by atoms with Crippen molar-refractivity contribution in [2.24, 2.45) is 12.9 Å². The summed E-state index contributed by atoms with van der Waals surface area (Å²) in [7, 11) is 1.89. The topological polar surface area (TPSA) is 72.0 Å². The molecule has 6 heteroatoms. The average Bonchev–Trinajstić information content (AvgIpc) is 2.82. The van der Waals surface area contributed by atoms with Crippen LogP contribution in [0.15, 0.2) is 6.20 Å². The molecule has 6 nitrogen and oxygen atoms in total. The van der Waals surface area contributed by atoms with Crippen LogP contribution in [0, 0.1) is 0 Å². The Morgan fingerprint density at radius 2 is 2.05 bits per heavy atom. The molecule has 1 saturated heterocycles. The van der Waals surface area contributed by atoms with Gasteiger partial charge in [0.2, 0.25) is 0 Å². The van der Waals surface area contributed by atoms with Crippen LogP contribution in [0.1, 0.15) is 38.8 Å². The second kappa shape index (κ2) is 5.98. The fourth-order valence-electron chi connectivity index (χ4n) is 2.90. The molecule has 3 N–H and O–H groups in total. The molecule has 1 aromatic rings. The SMILES string of the molecule is Cn1cc(CC(NN)C(C)(C)N2CCCCC2)nn1. The van der Waals surface area contributed by atoms with Gasteiger partial charge in [-0.15, -0.1) is 5.10 Å². The third kappa shape index (κ3) is 3.32. The van der Waals surface area contributed by atoms with Crippen LogP contribution in [-0.4, -0.2) is 44.6 Å². The molecule has 0 bridgehead atoms. The van der Waals surface area contributed by atoms with E-state index in [9.17, 15) is 0 Å². The average molecular weight is 266 g/mol. The molecule has 0 amide bonds. The van der Waals surface area contributed by atoms with E-state index < -0.39 is 0 Å². The van der Waals surface area contributed by atoms with Crippen molar-refractivity contribution in [1.29, 1.82) is 0 Å². The van der Waals surface area contributed by atoms with Gasteiger partial charge >= 0.3 is 0 Å². The van der Waals surface area contributed by atoms with E-state index >= 15 is 0 Å². The van der Waals surface area contributed by atoms with Gasteiger partial charge in [0, 0.05) is 31.2 Å². The maximum Gasteiger partial charge on any atom is 0.0843 e. The fraction of sp³-hybridized carbons (Fsp3) is 0.846. The standard InChI is InChI=1S/C13H26N6/c1-13(2,19-7-5-4-6-8-19)12(15-14)9-11-10-18(3)17-16-11/h10,12,15H,4-9,14H2,1-3H3. The first-order valence-corrected chi connectivity index (χ1v) is 7.10. The van der Waals surface area contributed by atoms with E-state index in [0.29, 0.717) is 0 Å². The number of rotatable bonds is 5. The van der Waals surface area contributed by atoms with Crippen molar-refractivity contribution in [3.8, 4) is 0 Å². The zero-order valence-corrected chi connectivity index (χ0v) is 12.3. The molecule has 2 heterocycles. The van der Waals surface area contributed by atoms with Gasteiger partial charge in [-0.05, 0) is 39.8 Å². The molecule has 0 aromatic carbocycles. The first-order valence-electron chi connectivity index (χ1n) is 7.10. The first-order chi connectivity index (χ1) is 9.04. The van der Waals surface area contributed by atoms with Gasteiger partial charge in [-0.3, -0.25) is 20.9 Å². The lowest BCUT2D eigenvalue weighted by molar-refractivity contribution is 0.0608. The van der Waals surface area contributed by atoms with Gasteiger partial charge in [0.1, 0.15) is 0 Å². The molecular weight excluding hydrogens is 240 g/mol. The van der Waals surface area contributed by atoms with Crippen molar-refractivity contribution in [3.63, 3.8) is 0 Å². The van der Waals surface area contributed by atoms with E-state index in [4.69, 9.17) is 5.84 Å². The smallest absolute Gasteiger partial charge is 0.0843 e. The third-order valence-electron chi connectivity index (χ3n) is 4.29. The van der Waals surface area contributed by atoms with Crippen LogP contribution in [0.5, 0.6) is 0 Å². The summed E-state index contributed by atoms with van der Waals surface area (Å²) in [6.07, 6.45) is 6.67. The van der Waals surface area contributed by atoms with Crippen LogP contribution < -0.4 is 11.3 Å². The van der Waals surface area contributed by atoms with Crippen LogP contribution in [0.2, 0.25) is 0 Å². The Hall–Kier alpha value is -0.980. The summed E-state index contributed by atoms with van der Waals surface area (Å²) in [4.78, 5) is 2.54. The summed E-state index contributed by atoms with van der Waals surface area (Å²) in [5.74, 6) is 5.79. The number of hydrazine groups is 1. The number of hydrogen-bond acceptors (Lipinski definition) is 5. The Labute approximate surface area is 115 Å². The number of likely N-dealkylation sites (tertiary alicyclic amines) is 1. The third-order valence-corrected chi connectivity index (χ3v) is 4.29. The predicted molar refractivity (Wildman–Crippen MR) is 75.3 cm³/mol. The van der Waals surface area contributed by atoms with Gasteiger partial charge in [0.25, 0.3) is 0 Å². The molecule has 0 saturated carbocycles. The second-order valence-corrected chi connectivity index (χ2v) is 6.01. The number of piperidine rings is 1. The van der Waals surface area contributed by atoms with Gasteiger partial charge < -0.3 is 0 Å². The zero-order valence-electron chi connectivity index (χ0n) is 12.3. The fourth-order valence-corrected chi connectivity index (χ4v) is 2.90. The number of aryl methyl sites for hydroxylation is 1. The molecule has 0 spiro atoms. The van der Waals surface area contributed by atoms with E-state index in [0.717, 1.165) is 25.2 Å². The molecule has 1 fully saturated rings. The summed E-state index contributed by atoms with van der Waals surface area (Å²) in [6, 6.07) is 0.169. The molecule has 1 unspecified atom stereocenters. The van der Waals surface area contributed by atoms with E-state index in [1.165, 1.54) is 19.3 Å². The zero-order chi connectivity index (χ0) is 13.9. The molecule has 1 aromatic heterocycles. The van der Waals surface area contributed by atoms with Gasteiger partial charge in [-0.1, -0.05) is 11.6 Å². The molecule has 0 aliphatic carbocycles. The summed E-state index contributed by atoms with van der Waals surface area (Å²) in [6.45, 7) is 6.84. The van der Waals surface area contributed by atoms with Crippen molar-refractivity contribution in [3.05, 3.63) is 11.9 Å². The number of aromatic nitrogens is 3. The highest BCUT2D eigenvalue weighted by Gasteiger charge is 2.35. The minimum atomic E-state index is 0.0205. The Morgan fingerprint density at radius 3 is 2.58 bits per heavy atom. The summed E-state index contributed by atoms with van der Waals surface area (Å²) in [5.41, 5.74) is 3.98. The summed E-state index contributed by atoms with van der Waals surface area (Å²) < 4.78 is 1.73. The molecule has 1 atom stereocenters. The number of nitrogens with two attached hydrogens (primary N) is 1. The molecule has 1 aliphatic heterocycles. The summed E-state index contributed by atoms with van der Waals surface area (Å²) >= 11 is 0. The quantitative estimate of drug-likeness (QED) is 0.598. The lowest BCUT2D eigenvalue weighted by Crippen LogP contribution is -2.61. The van der Waals surface area contributed by atoms with Crippen LogP contribution in [0.3, 0.4) is 0 Å². The number of hydrogen-bond donors (Lipinski definition) is 2. The minimum Gasteiger partial charge on any atom is -0.297 e.